The fourth-order valence-electron chi connectivity index (χ4n) is 2.33. The van der Waals surface area contributed by atoms with Crippen LogP contribution in [0.1, 0.15) is 32.6 Å². The second-order valence-corrected chi connectivity index (χ2v) is 5.92. The summed E-state index contributed by atoms with van der Waals surface area (Å²) in [6.45, 7) is 2.40. The Bertz CT molecular complexity index is 421. The third kappa shape index (κ3) is 1.99. The van der Waals surface area contributed by atoms with Gasteiger partial charge in [0.05, 0.1) is 12.5 Å². The molecule has 1 aromatic rings. The van der Waals surface area contributed by atoms with Crippen LogP contribution in [0.2, 0.25) is 0 Å². The van der Waals surface area contributed by atoms with Gasteiger partial charge in [-0.3, -0.25) is 0 Å². The minimum atomic E-state index is -3.38. The Kier molecular flexibility index (Phi) is 3.30. The summed E-state index contributed by atoms with van der Waals surface area (Å²) in [7, 11) is -3.38. The standard InChI is InChI=1S/C10H17N3O2S/c1-2-13(9-5-3-4-6-9)16(14,15)10-7-11-8-12-10/h7-9H,2-6H2,1H3,(H,11,12). The van der Waals surface area contributed by atoms with Crippen molar-refractivity contribution in [3.8, 4) is 0 Å². The zero-order valence-electron chi connectivity index (χ0n) is 9.39. The number of nitrogens with zero attached hydrogens (tertiary/aromatic N) is 2. The van der Waals surface area contributed by atoms with Crippen molar-refractivity contribution in [3.05, 3.63) is 12.5 Å². The van der Waals surface area contributed by atoms with Crippen LogP contribution in [0, 0.1) is 0 Å². The first-order valence-corrected chi connectivity index (χ1v) is 7.10. The van der Waals surface area contributed by atoms with Gasteiger partial charge in [-0.05, 0) is 12.8 Å². The van der Waals surface area contributed by atoms with Crippen LogP contribution in [-0.2, 0) is 10.0 Å². The summed E-state index contributed by atoms with van der Waals surface area (Å²) in [6, 6.07) is 0.165. The SMILES string of the molecule is CCN(C1CCCC1)S(=O)(=O)c1cnc[nH]1. The van der Waals surface area contributed by atoms with Gasteiger partial charge < -0.3 is 4.98 Å². The van der Waals surface area contributed by atoms with E-state index in [1.807, 2.05) is 6.92 Å². The molecule has 1 fully saturated rings. The van der Waals surface area contributed by atoms with Crippen LogP contribution < -0.4 is 0 Å². The molecule has 0 radical (unpaired) electrons. The van der Waals surface area contributed by atoms with Gasteiger partial charge in [-0.1, -0.05) is 19.8 Å². The highest BCUT2D eigenvalue weighted by atomic mass is 32.2. The monoisotopic (exact) mass is 243 g/mol. The molecule has 0 spiro atoms. The van der Waals surface area contributed by atoms with Crippen LogP contribution in [0.15, 0.2) is 17.6 Å². The molecule has 16 heavy (non-hydrogen) atoms. The molecule has 0 aromatic carbocycles. The van der Waals surface area contributed by atoms with Crippen LogP contribution in [0.25, 0.3) is 0 Å². The van der Waals surface area contributed by atoms with E-state index in [1.54, 1.807) is 4.31 Å². The topological polar surface area (TPSA) is 66.1 Å². The highest BCUT2D eigenvalue weighted by Gasteiger charge is 2.32. The lowest BCUT2D eigenvalue weighted by Gasteiger charge is -2.25. The molecular weight excluding hydrogens is 226 g/mol. The molecule has 0 amide bonds. The Balaban J connectivity index is 2.26. The minimum absolute atomic E-state index is 0.165. The Morgan fingerprint density at radius 2 is 2.19 bits per heavy atom. The maximum absolute atomic E-state index is 12.3. The smallest absolute Gasteiger partial charge is 0.260 e. The summed E-state index contributed by atoms with van der Waals surface area (Å²) in [5.41, 5.74) is 0. The van der Waals surface area contributed by atoms with E-state index in [0.717, 1.165) is 25.7 Å². The lowest BCUT2D eigenvalue weighted by molar-refractivity contribution is 0.334. The summed E-state index contributed by atoms with van der Waals surface area (Å²) >= 11 is 0. The van der Waals surface area contributed by atoms with Crippen molar-refractivity contribution in [3.63, 3.8) is 0 Å². The molecule has 1 saturated carbocycles. The van der Waals surface area contributed by atoms with Crippen LogP contribution in [0.4, 0.5) is 0 Å². The van der Waals surface area contributed by atoms with E-state index < -0.39 is 10.0 Å². The van der Waals surface area contributed by atoms with E-state index >= 15 is 0 Å². The molecule has 0 aliphatic heterocycles. The molecule has 0 saturated heterocycles. The highest BCUT2D eigenvalue weighted by molar-refractivity contribution is 7.89. The third-order valence-corrected chi connectivity index (χ3v) is 5.06. The molecular formula is C10H17N3O2S. The Hall–Kier alpha value is -0.880. The first kappa shape index (κ1) is 11.6. The third-order valence-electron chi connectivity index (χ3n) is 3.10. The van der Waals surface area contributed by atoms with Crippen molar-refractivity contribution < 1.29 is 8.42 Å². The molecule has 1 aromatic heterocycles. The second kappa shape index (κ2) is 4.55. The van der Waals surface area contributed by atoms with Crippen molar-refractivity contribution >= 4 is 10.0 Å². The van der Waals surface area contributed by atoms with Gasteiger partial charge in [0.15, 0.2) is 5.03 Å². The Morgan fingerprint density at radius 3 is 2.69 bits per heavy atom. The average Bonchev–Trinajstić information content (AvgIpc) is 2.91. The van der Waals surface area contributed by atoms with E-state index in [-0.39, 0.29) is 11.1 Å². The van der Waals surface area contributed by atoms with Gasteiger partial charge in [-0.25, -0.2) is 13.4 Å². The Labute approximate surface area is 95.9 Å². The first-order chi connectivity index (χ1) is 7.66. The molecule has 6 heteroatoms. The van der Waals surface area contributed by atoms with E-state index in [1.165, 1.54) is 12.5 Å². The molecule has 1 aliphatic carbocycles. The Morgan fingerprint density at radius 1 is 1.50 bits per heavy atom. The maximum atomic E-state index is 12.3. The number of aromatic amines is 1. The van der Waals surface area contributed by atoms with Crippen molar-refractivity contribution in [1.29, 1.82) is 0 Å². The summed E-state index contributed by atoms with van der Waals surface area (Å²) in [4.78, 5) is 6.45. The van der Waals surface area contributed by atoms with Gasteiger partial charge in [0.2, 0.25) is 0 Å². The second-order valence-electron chi connectivity index (χ2n) is 4.06. The number of H-pyrrole nitrogens is 1. The normalized spacial score (nSPS) is 18.4. The largest absolute Gasteiger partial charge is 0.335 e. The van der Waals surface area contributed by atoms with Crippen LogP contribution >= 0.6 is 0 Å². The summed E-state index contributed by atoms with van der Waals surface area (Å²) in [5, 5.41) is 0.196. The fraction of sp³-hybridized carbons (Fsp3) is 0.700. The van der Waals surface area contributed by atoms with Gasteiger partial charge in [0.25, 0.3) is 10.0 Å². The molecule has 2 rings (SSSR count). The van der Waals surface area contributed by atoms with Crippen LogP contribution in [0.3, 0.4) is 0 Å². The zero-order valence-corrected chi connectivity index (χ0v) is 10.2. The number of hydrogen-bond acceptors (Lipinski definition) is 3. The number of aromatic nitrogens is 2. The number of rotatable bonds is 4. The molecule has 0 atom stereocenters. The van der Waals surface area contributed by atoms with E-state index in [4.69, 9.17) is 0 Å². The van der Waals surface area contributed by atoms with E-state index in [9.17, 15) is 8.42 Å². The van der Waals surface area contributed by atoms with Crippen molar-refractivity contribution in [1.82, 2.24) is 14.3 Å². The van der Waals surface area contributed by atoms with Gasteiger partial charge in [0.1, 0.15) is 0 Å². The van der Waals surface area contributed by atoms with Gasteiger partial charge in [-0.2, -0.15) is 4.31 Å². The molecule has 0 bridgehead atoms. The van der Waals surface area contributed by atoms with Gasteiger partial charge in [0, 0.05) is 12.6 Å². The predicted molar refractivity (Wildman–Crippen MR) is 60.4 cm³/mol. The molecule has 90 valence electrons. The lowest BCUT2D eigenvalue weighted by Crippen LogP contribution is -2.38. The number of nitrogens with one attached hydrogen (secondary N) is 1. The quantitative estimate of drug-likeness (QED) is 0.868. The molecule has 1 aliphatic rings. The van der Waals surface area contributed by atoms with E-state index in [0.29, 0.717) is 6.54 Å². The number of sulfonamides is 1. The molecule has 1 N–H and O–H groups in total. The summed E-state index contributed by atoms with van der Waals surface area (Å²) in [5.74, 6) is 0. The minimum Gasteiger partial charge on any atom is -0.335 e. The number of hydrogen-bond donors (Lipinski definition) is 1. The van der Waals surface area contributed by atoms with Crippen molar-refractivity contribution in [2.24, 2.45) is 0 Å². The van der Waals surface area contributed by atoms with Crippen molar-refractivity contribution in [2.45, 2.75) is 43.7 Å². The lowest BCUT2D eigenvalue weighted by atomic mass is 10.2. The fourth-order valence-corrected chi connectivity index (χ4v) is 3.92. The van der Waals surface area contributed by atoms with E-state index in [2.05, 4.69) is 9.97 Å². The van der Waals surface area contributed by atoms with Gasteiger partial charge >= 0.3 is 0 Å². The maximum Gasteiger partial charge on any atom is 0.260 e. The highest BCUT2D eigenvalue weighted by Crippen LogP contribution is 2.27. The first-order valence-electron chi connectivity index (χ1n) is 5.66. The summed E-state index contributed by atoms with van der Waals surface area (Å²) < 4.78 is 26.1. The predicted octanol–water partition coefficient (Wildman–Crippen LogP) is 1.36. The molecule has 1 heterocycles. The van der Waals surface area contributed by atoms with Crippen molar-refractivity contribution in [2.75, 3.05) is 6.54 Å². The van der Waals surface area contributed by atoms with Crippen LogP contribution in [-0.4, -0.2) is 35.3 Å². The molecule has 0 unspecified atom stereocenters. The average molecular weight is 243 g/mol. The summed E-state index contributed by atoms with van der Waals surface area (Å²) in [6.07, 6.45) is 6.96. The van der Waals surface area contributed by atoms with Gasteiger partial charge in [-0.15, -0.1) is 0 Å². The number of imidazole rings is 1. The molecule has 5 nitrogen and oxygen atoms in total. The van der Waals surface area contributed by atoms with Crippen LogP contribution in [0.5, 0.6) is 0 Å². The zero-order chi connectivity index (χ0) is 11.6.